The number of nitrogens with zero attached hydrogens (tertiary/aromatic N) is 3. The summed E-state index contributed by atoms with van der Waals surface area (Å²) in [6.07, 6.45) is 7.26. The first-order valence-corrected chi connectivity index (χ1v) is 9.67. The molecule has 1 aliphatic rings. The first kappa shape index (κ1) is 18.6. The van der Waals surface area contributed by atoms with Crippen molar-refractivity contribution in [1.82, 2.24) is 14.5 Å². The van der Waals surface area contributed by atoms with Crippen LogP contribution < -0.4 is 0 Å². The van der Waals surface area contributed by atoms with Gasteiger partial charge in [0.1, 0.15) is 5.82 Å². The van der Waals surface area contributed by atoms with Crippen LogP contribution in [-0.2, 0) is 24.2 Å². The topological polar surface area (TPSA) is 58.4 Å². The summed E-state index contributed by atoms with van der Waals surface area (Å²) in [5, 5.41) is 10.5. The van der Waals surface area contributed by atoms with E-state index in [9.17, 15) is 9.90 Å². The fraction of sp³-hybridized carbons (Fsp3) is 0.524. The maximum absolute atomic E-state index is 12.5. The molecule has 140 valence electrons. The predicted molar refractivity (Wildman–Crippen MR) is 102 cm³/mol. The lowest BCUT2D eigenvalue weighted by atomic mass is 9.88. The Morgan fingerprint density at radius 2 is 2.00 bits per heavy atom. The van der Waals surface area contributed by atoms with E-state index in [2.05, 4.69) is 28.6 Å². The number of hydrogen-bond acceptors (Lipinski definition) is 3. The number of benzene rings is 1. The fourth-order valence-corrected chi connectivity index (χ4v) is 3.79. The summed E-state index contributed by atoms with van der Waals surface area (Å²) in [6.45, 7) is 4.27. The van der Waals surface area contributed by atoms with Crippen LogP contribution in [0, 0.1) is 5.92 Å². The van der Waals surface area contributed by atoms with E-state index >= 15 is 0 Å². The zero-order valence-corrected chi connectivity index (χ0v) is 15.6. The molecule has 0 saturated carbocycles. The summed E-state index contributed by atoms with van der Waals surface area (Å²) >= 11 is 0. The summed E-state index contributed by atoms with van der Waals surface area (Å²) in [5.41, 5.74) is 1.17. The van der Waals surface area contributed by atoms with Crippen LogP contribution >= 0.6 is 0 Å². The molecule has 1 N–H and O–H groups in total. The molecule has 0 bridgehead atoms. The Bertz CT molecular complexity index is 690. The molecule has 5 nitrogen and oxygen atoms in total. The number of imidazole rings is 1. The molecule has 3 rings (SSSR count). The molecule has 0 spiro atoms. The maximum atomic E-state index is 12.5. The number of aryl methyl sites for hydroxylation is 2. The number of likely N-dealkylation sites (tertiary alicyclic amines) is 1. The van der Waals surface area contributed by atoms with Crippen molar-refractivity contribution in [3.05, 3.63) is 54.1 Å². The van der Waals surface area contributed by atoms with Crippen molar-refractivity contribution < 1.29 is 9.90 Å². The van der Waals surface area contributed by atoms with E-state index in [1.54, 1.807) is 6.20 Å². The Balaban J connectivity index is 1.43. The number of hydrogen-bond donors (Lipinski definition) is 1. The van der Waals surface area contributed by atoms with Gasteiger partial charge in [-0.2, -0.15) is 0 Å². The van der Waals surface area contributed by atoms with Gasteiger partial charge in [-0.25, -0.2) is 4.98 Å². The predicted octanol–water partition coefficient (Wildman–Crippen LogP) is 2.68. The van der Waals surface area contributed by atoms with Gasteiger partial charge in [-0.1, -0.05) is 37.3 Å². The van der Waals surface area contributed by atoms with Gasteiger partial charge in [0, 0.05) is 44.9 Å². The van der Waals surface area contributed by atoms with Crippen LogP contribution in [0.3, 0.4) is 0 Å². The molecule has 1 aromatic carbocycles. The second-order valence-corrected chi connectivity index (χ2v) is 7.12. The SMILES string of the molecule is CCc1nccn1CCC(=O)N1CCC([C@H](O)Cc2ccccc2)CC1. The number of piperidine rings is 1. The van der Waals surface area contributed by atoms with E-state index in [0.29, 0.717) is 19.4 Å². The molecule has 5 heteroatoms. The molecule has 2 heterocycles. The van der Waals surface area contributed by atoms with Crippen LogP contribution in [0.4, 0.5) is 0 Å². The van der Waals surface area contributed by atoms with E-state index in [-0.39, 0.29) is 17.9 Å². The maximum Gasteiger partial charge on any atom is 0.224 e. The lowest BCUT2D eigenvalue weighted by molar-refractivity contribution is -0.133. The molecule has 1 atom stereocenters. The van der Waals surface area contributed by atoms with E-state index in [1.165, 1.54) is 5.56 Å². The van der Waals surface area contributed by atoms with Gasteiger partial charge in [0.15, 0.2) is 0 Å². The summed E-state index contributed by atoms with van der Waals surface area (Å²) in [5.74, 6) is 1.51. The van der Waals surface area contributed by atoms with Crippen molar-refractivity contribution in [1.29, 1.82) is 0 Å². The normalized spacial score (nSPS) is 16.6. The second kappa shape index (κ2) is 8.99. The standard InChI is InChI=1S/C21H29N3O2/c1-2-20-22-11-15-23(20)14-10-21(26)24-12-8-18(9-13-24)19(25)16-17-6-4-3-5-7-17/h3-7,11,15,18-19,25H,2,8-10,12-14,16H2,1H3/t19-/m1/s1. The zero-order valence-electron chi connectivity index (χ0n) is 15.6. The highest BCUT2D eigenvalue weighted by Gasteiger charge is 2.27. The fourth-order valence-electron chi connectivity index (χ4n) is 3.79. The molecule has 26 heavy (non-hydrogen) atoms. The van der Waals surface area contributed by atoms with Crippen molar-refractivity contribution in [3.63, 3.8) is 0 Å². The smallest absolute Gasteiger partial charge is 0.224 e. The average Bonchev–Trinajstić information content (AvgIpc) is 3.14. The quantitative estimate of drug-likeness (QED) is 0.831. The van der Waals surface area contributed by atoms with Crippen molar-refractivity contribution in [2.75, 3.05) is 13.1 Å². The number of rotatable bonds is 7. The first-order chi connectivity index (χ1) is 12.7. The molecule has 1 aromatic heterocycles. The summed E-state index contributed by atoms with van der Waals surface area (Å²) in [6, 6.07) is 10.1. The third-order valence-electron chi connectivity index (χ3n) is 5.41. The van der Waals surface area contributed by atoms with Crippen LogP contribution in [0.25, 0.3) is 0 Å². The van der Waals surface area contributed by atoms with Gasteiger partial charge < -0.3 is 14.6 Å². The van der Waals surface area contributed by atoms with Crippen molar-refractivity contribution in [2.24, 2.45) is 5.92 Å². The van der Waals surface area contributed by atoms with E-state index in [1.807, 2.05) is 29.3 Å². The summed E-state index contributed by atoms with van der Waals surface area (Å²) < 4.78 is 2.06. The Morgan fingerprint density at radius 1 is 1.27 bits per heavy atom. The molecule has 1 aliphatic heterocycles. The largest absolute Gasteiger partial charge is 0.392 e. The van der Waals surface area contributed by atoms with Crippen molar-refractivity contribution in [2.45, 2.75) is 51.7 Å². The lowest BCUT2D eigenvalue weighted by Gasteiger charge is -2.34. The number of aliphatic hydroxyl groups excluding tert-OH is 1. The number of amides is 1. The third kappa shape index (κ3) is 4.73. The highest BCUT2D eigenvalue weighted by atomic mass is 16.3. The van der Waals surface area contributed by atoms with E-state index in [4.69, 9.17) is 0 Å². The minimum absolute atomic E-state index is 0.205. The Hall–Kier alpha value is -2.14. The Morgan fingerprint density at radius 3 is 2.69 bits per heavy atom. The highest BCUT2D eigenvalue weighted by molar-refractivity contribution is 5.76. The zero-order chi connectivity index (χ0) is 18.4. The van der Waals surface area contributed by atoms with E-state index in [0.717, 1.165) is 38.2 Å². The van der Waals surface area contributed by atoms with Gasteiger partial charge >= 0.3 is 0 Å². The van der Waals surface area contributed by atoms with Crippen molar-refractivity contribution in [3.8, 4) is 0 Å². The van der Waals surface area contributed by atoms with Crippen LogP contribution in [-0.4, -0.2) is 44.7 Å². The van der Waals surface area contributed by atoms with Gasteiger partial charge in [0.05, 0.1) is 6.10 Å². The summed E-state index contributed by atoms with van der Waals surface area (Å²) in [4.78, 5) is 18.7. The van der Waals surface area contributed by atoms with Crippen LogP contribution in [0.5, 0.6) is 0 Å². The van der Waals surface area contributed by atoms with Gasteiger partial charge in [0.2, 0.25) is 5.91 Å². The second-order valence-electron chi connectivity index (χ2n) is 7.12. The van der Waals surface area contributed by atoms with Gasteiger partial charge in [-0.15, -0.1) is 0 Å². The third-order valence-corrected chi connectivity index (χ3v) is 5.41. The van der Waals surface area contributed by atoms with Gasteiger partial charge in [-0.3, -0.25) is 4.79 Å². The van der Waals surface area contributed by atoms with E-state index < -0.39 is 0 Å². The van der Waals surface area contributed by atoms with Crippen LogP contribution in [0.15, 0.2) is 42.7 Å². The summed E-state index contributed by atoms with van der Waals surface area (Å²) in [7, 11) is 0. The lowest BCUT2D eigenvalue weighted by Crippen LogP contribution is -2.41. The number of carbonyl (C=O) groups is 1. The molecule has 1 fully saturated rings. The minimum atomic E-state index is -0.326. The minimum Gasteiger partial charge on any atom is -0.392 e. The van der Waals surface area contributed by atoms with Gasteiger partial charge in [-0.05, 0) is 30.7 Å². The molecule has 2 aromatic rings. The highest BCUT2D eigenvalue weighted by Crippen LogP contribution is 2.23. The van der Waals surface area contributed by atoms with Crippen LogP contribution in [0.1, 0.15) is 37.6 Å². The Kier molecular flexibility index (Phi) is 6.45. The molecular weight excluding hydrogens is 326 g/mol. The number of aliphatic hydroxyl groups is 1. The molecule has 0 unspecified atom stereocenters. The molecule has 1 saturated heterocycles. The molecule has 0 radical (unpaired) electrons. The number of carbonyl (C=O) groups excluding carboxylic acids is 1. The Labute approximate surface area is 155 Å². The molecular formula is C21H29N3O2. The first-order valence-electron chi connectivity index (χ1n) is 9.67. The molecule has 0 aliphatic carbocycles. The number of aromatic nitrogens is 2. The molecule has 1 amide bonds. The van der Waals surface area contributed by atoms with Crippen molar-refractivity contribution >= 4 is 5.91 Å². The monoisotopic (exact) mass is 355 g/mol. The van der Waals surface area contributed by atoms with Gasteiger partial charge in [0.25, 0.3) is 0 Å². The van der Waals surface area contributed by atoms with Crippen LogP contribution in [0.2, 0.25) is 0 Å². The average molecular weight is 355 g/mol.